The maximum atomic E-state index is 15.4. The highest BCUT2D eigenvalue weighted by Crippen LogP contribution is 2.35. The Bertz CT molecular complexity index is 2890. The van der Waals surface area contributed by atoms with E-state index in [9.17, 15) is 52.7 Å². The zero-order valence-electron chi connectivity index (χ0n) is 41.5. The molecule has 0 aromatic heterocycles. The van der Waals surface area contributed by atoms with E-state index in [2.05, 4.69) is 122 Å². The predicted octanol–water partition coefficient (Wildman–Crippen LogP) is 13.2. The SMILES string of the molecule is CC(/C=C(\C)Nc1c(C(C)C)cccc1C(C)C)=[NH+]c1c(C(C)C)cccc1C(C)C.Fc1c(F)c(F)c([B-](c2c(F)c(F)c(F)c(F)c2F)(c2c(F)c(F)c(F)c(F)c2F)c2c(F)c(F)c(F)c(F)c2F)c(F)c1F. The van der Waals surface area contributed by atoms with E-state index < -0.39 is 144 Å². The molecule has 0 atom stereocenters. The van der Waals surface area contributed by atoms with Crippen molar-refractivity contribution in [1.29, 1.82) is 0 Å². The molecule has 0 amide bonds. The van der Waals surface area contributed by atoms with Crippen LogP contribution < -0.4 is 32.2 Å². The summed E-state index contributed by atoms with van der Waals surface area (Å²) < 4.78 is 294. The molecule has 6 aromatic rings. The molecule has 2 nitrogen and oxygen atoms in total. The van der Waals surface area contributed by atoms with Gasteiger partial charge >= 0.3 is 0 Å². The van der Waals surface area contributed by atoms with E-state index in [-0.39, 0.29) is 0 Å². The summed E-state index contributed by atoms with van der Waals surface area (Å²) in [5, 5.41) is 3.73. The molecule has 0 bridgehead atoms. The van der Waals surface area contributed by atoms with Gasteiger partial charge in [0.25, 0.3) is 0 Å². The van der Waals surface area contributed by atoms with Crippen LogP contribution in [-0.2, 0) is 0 Å². The zero-order chi connectivity index (χ0) is 57.6. The molecule has 0 aliphatic rings. The standard InChI is InChI=1S/C29H42N2.C24BF20/c1-18(2)24-13-11-14-25(19(3)4)28(24)30-22(9)17-23(10)31-29-26(20(5)6)15-12-16-27(29)21(7)8;26-5-1(6(27)14(35)21(42)13(5)34)25(2-7(28)15(36)22(43)16(37)8(2)29,3-9(30)17(38)23(44)18(39)10(3)31)4-11(32)19(40)24(45)20(41)12(4)33/h11-21,30H,1-10H3;/q;-1/p+1/b22-17+,31-23?;. The van der Waals surface area contributed by atoms with Crippen molar-refractivity contribution < 1.29 is 92.8 Å². The minimum absolute atomic E-state index is 0.476. The highest BCUT2D eigenvalue weighted by molar-refractivity contribution is 7.20. The molecule has 0 aliphatic carbocycles. The van der Waals surface area contributed by atoms with Crippen LogP contribution in [0.15, 0.2) is 48.2 Å². The fraction of sp³-hybridized carbons (Fsp3) is 0.264. The molecule has 0 fully saturated rings. The highest BCUT2D eigenvalue weighted by Gasteiger charge is 2.52. The van der Waals surface area contributed by atoms with Gasteiger partial charge in [-0.25, -0.2) is 92.8 Å². The predicted molar refractivity (Wildman–Crippen MR) is 247 cm³/mol. The Balaban J connectivity index is 0.000000301. The lowest BCUT2D eigenvalue weighted by molar-refractivity contribution is -0.355. The van der Waals surface area contributed by atoms with Crippen molar-refractivity contribution in [3.63, 3.8) is 0 Å². The van der Waals surface area contributed by atoms with Crippen molar-refractivity contribution in [3.05, 3.63) is 187 Å². The van der Waals surface area contributed by atoms with Gasteiger partial charge in [-0.15, -0.1) is 21.9 Å². The van der Waals surface area contributed by atoms with Crippen LogP contribution in [-0.4, -0.2) is 11.9 Å². The number of para-hydroxylation sites is 2. The zero-order valence-corrected chi connectivity index (χ0v) is 41.5. The molecule has 0 heterocycles. The van der Waals surface area contributed by atoms with E-state index in [4.69, 9.17) is 0 Å². The molecule has 0 unspecified atom stereocenters. The minimum Gasteiger partial charge on any atom is -0.358 e. The summed E-state index contributed by atoms with van der Waals surface area (Å²) in [6.07, 6.45) is -4.99. The van der Waals surface area contributed by atoms with Crippen LogP contribution in [0.5, 0.6) is 0 Å². The Hall–Kier alpha value is -6.81. The number of benzene rings is 6. The molecule has 408 valence electrons. The molecule has 0 spiro atoms. The number of halogens is 20. The molecule has 6 rings (SSSR count). The molecular formula is C53H43BF20N2. The first-order valence-electron chi connectivity index (χ1n) is 22.8. The van der Waals surface area contributed by atoms with Gasteiger partial charge in [0.2, 0.25) is 5.69 Å². The van der Waals surface area contributed by atoms with Gasteiger partial charge in [-0.2, -0.15) is 0 Å². The summed E-state index contributed by atoms with van der Waals surface area (Å²) in [7, 11) is 0. The summed E-state index contributed by atoms with van der Waals surface area (Å²) in [6, 6.07) is 13.3. The quantitative estimate of drug-likeness (QED) is 0.0413. The fourth-order valence-electron chi connectivity index (χ4n) is 9.06. The van der Waals surface area contributed by atoms with Crippen molar-refractivity contribution in [2.24, 2.45) is 0 Å². The van der Waals surface area contributed by atoms with E-state index in [1.807, 2.05) is 0 Å². The Morgan fingerprint density at radius 1 is 0.355 bits per heavy atom. The van der Waals surface area contributed by atoms with Crippen molar-refractivity contribution in [2.75, 3.05) is 5.32 Å². The monoisotopic (exact) mass is 1100 g/mol. The summed E-state index contributed by atoms with van der Waals surface area (Å²) in [4.78, 5) is 3.73. The molecule has 0 aliphatic heterocycles. The first-order chi connectivity index (χ1) is 35.2. The lowest BCUT2D eigenvalue weighted by atomic mass is 9.12. The lowest BCUT2D eigenvalue weighted by Crippen LogP contribution is -2.81. The topological polar surface area (TPSA) is 26.0 Å². The van der Waals surface area contributed by atoms with E-state index in [1.165, 1.54) is 33.6 Å². The maximum Gasteiger partial charge on any atom is 0.210 e. The summed E-state index contributed by atoms with van der Waals surface area (Å²) in [5.41, 5.74) is -4.02. The second-order valence-electron chi connectivity index (χ2n) is 18.8. The van der Waals surface area contributed by atoms with Crippen LogP contribution >= 0.6 is 0 Å². The van der Waals surface area contributed by atoms with Crippen molar-refractivity contribution >= 4 is 45.1 Å². The Morgan fingerprint density at radius 3 is 0.789 bits per heavy atom. The summed E-state index contributed by atoms with van der Waals surface area (Å²) in [5.74, 6) is -69.5. The first-order valence-corrected chi connectivity index (χ1v) is 22.8. The summed E-state index contributed by atoms with van der Waals surface area (Å²) in [6.45, 7) is 22.4. The van der Waals surface area contributed by atoms with E-state index in [0.717, 1.165) is 11.4 Å². The van der Waals surface area contributed by atoms with Crippen molar-refractivity contribution in [3.8, 4) is 0 Å². The number of rotatable bonds is 12. The van der Waals surface area contributed by atoms with E-state index >= 15 is 35.1 Å². The maximum absolute atomic E-state index is 15.4. The summed E-state index contributed by atoms with van der Waals surface area (Å²) >= 11 is 0. The van der Waals surface area contributed by atoms with Gasteiger partial charge < -0.3 is 5.32 Å². The Labute approximate surface area is 422 Å². The lowest BCUT2D eigenvalue weighted by Gasteiger charge is -2.44. The largest absolute Gasteiger partial charge is 0.358 e. The van der Waals surface area contributed by atoms with Crippen LogP contribution in [0.25, 0.3) is 0 Å². The van der Waals surface area contributed by atoms with Gasteiger partial charge in [0.05, 0.1) is 0 Å². The van der Waals surface area contributed by atoms with Gasteiger partial charge in [-0.3, -0.25) is 0 Å². The minimum atomic E-state index is -7.22. The van der Waals surface area contributed by atoms with Gasteiger partial charge in [0, 0.05) is 35.5 Å². The number of nitrogens with one attached hydrogen (secondary N) is 2. The number of anilines is 1. The second kappa shape index (κ2) is 22.8. The van der Waals surface area contributed by atoms with Crippen molar-refractivity contribution in [2.45, 2.75) is 92.9 Å². The first kappa shape index (κ1) is 60.1. The number of allylic oxidation sites excluding steroid dienone is 2. The molecular weight excluding hydrogens is 1060 g/mol. The second-order valence-corrected chi connectivity index (χ2v) is 18.8. The Kier molecular flexibility index (Phi) is 18.0. The molecule has 0 saturated heterocycles. The van der Waals surface area contributed by atoms with Crippen LogP contribution in [0.3, 0.4) is 0 Å². The van der Waals surface area contributed by atoms with Crippen LogP contribution in [0.1, 0.15) is 115 Å². The van der Waals surface area contributed by atoms with Gasteiger partial charge in [-0.1, -0.05) is 91.8 Å². The van der Waals surface area contributed by atoms with Gasteiger partial charge in [-0.05, 0) is 41.7 Å². The van der Waals surface area contributed by atoms with E-state index in [0.29, 0.717) is 23.7 Å². The van der Waals surface area contributed by atoms with Crippen LogP contribution in [0.2, 0.25) is 0 Å². The third-order valence-corrected chi connectivity index (χ3v) is 12.5. The molecule has 76 heavy (non-hydrogen) atoms. The van der Waals surface area contributed by atoms with Crippen LogP contribution in [0.4, 0.5) is 99.2 Å². The third kappa shape index (κ3) is 10.3. The third-order valence-electron chi connectivity index (χ3n) is 12.5. The molecule has 6 aromatic carbocycles. The number of hydrogen-bond acceptors (Lipinski definition) is 1. The van der Waals surface area contributed by atoms with E-state index in [1.54, 1.807) is 0 Å². The van der Waals surface area contributed by atoms with Crippen LogP contribution in [0, 0.1) is 116 Å². The average Bonchev–Trinajstić information content (AvgIpc) is 3.36. The average molecular weight is 1100 g/mol. The normalized spacial score (nSPS) is 12.4. The number of hydrogen-bond donors (Lipinski definition) is 2. The van der Waals surface area contributed by atoms with Gasteiger partial charge in [0.1, 0.15) is 52.7 Å². The molecule has 0 saturated carbocycles. The molecule has 0 radical (unpaired) electrons. The smallest absolute Gasteiger partial charge is 0.210 e. The molecule has 23 heteroatoms. The highest BCUT2D eigenvalue weighted by atomic mass is 19.2. The van der Waals surface area contributed by atoms with Crippen molar-refractivity contribution in [1.82, 2.24) is 0 Å². The Morgan fingerprint density at radius 2 is 0.566 bits per heavy atom. The fourth-order valence-corrected chi connectivity index (χ4v) is 9.06. The molecule has 2 N–H and O–H groups in total. The van der Waals surface area contributed by atoms with Gasteiger partial charge in [0.15, 0.2) is 75.5 Å².